The van der Waals surface area contributed by atoms with Gasteiger partial charge in [0.05, 0.1) is 18.2 Å². The number of nitrogens with one attached hydrogen (secondary N) is 1. The normalized spacial score (nSPS) is 10.4. The van der Waals surface area contributed by atoms with Crippen molar-refractivity contribution in [3.8, 4) is 11.5 Å². The molecule has 2 aromatic rings. The molecule has 0 aliphatic carbocycles. The van der Waals surface area contributed by atoms with Gasteiger partial charge in [-0.1, -0.05) is 17.7 Å². The number of aryl methyl sites for hydroxylation is 1. The molecule has 24 heavy (non-hydrogen) atoms. The highest BCUT2D eigenvalue weighted by Crippen LogP contribution is 2.36. The second-order valence-electron chi connectivity index (χ2n) is 5.07. The molecule has 0 saturated heterocycles. The molecule has 0 unspecified atom stereocenters. The number of anilines is 1. The molecule has 0 aliphatic rings. The lowest BCUT2D eigenvalue weighted by Crippen LogP contribution is -2.20. The van der Waals surface area contributed by atoms with E-state index in [0.29, 0.717) is 32.2 Å². The van der Waals surface area contributed by atoms with Crippen LogP contribution in [0.1, 0.15) is 11.1 Å². The monoisotopic (exact) mass is 413 g/mol. The number of methoxy groups -OCH3 is 1. The lowest BCUT2D eigenvalue weighted by molar-refractivity contribution is -0.118. The fraction of sp³-hybridized carbons (Fsp3) is 0.235. The fourth-order valence-corrected chi connectivity index (χ4v) is 2.79. The number of halogens is 2. The van der Waals surface area contributed by atoms with Crippen molar-refractivity contribution >= 4 is 39.1 Å². The molecule has 2 rings (SSSR count). The van der Waals surface area contributed by atoms with Crippen molar-refractivity contribution in [3.63, 3.8) is 0 Å². The summed E-state index contributed by atoms with van der Waals surface area (Å²) in [5.41, 5.74) is 2.20. The topological polar surface area (TPSA) is 67.8 Å². The number of hydrogen-bond donors (Lipinski definition) is 2. The largest absolute Gasteiger partial charge is 0.493 e. The predicted octanol–water partition coefficient (Wildman–Crippen LogP) is 3.93. The number of rotatable bonds is 6. The maximum atomic E-state index is 12.0. The van der Waals surface area contributed by atoms with E-state index in [1.807, 2.05) is 13.0 Å². The Labute approximate surface area is 153 Å². The number of carbonyl (C=O) groups is 1. The molecule has 0 atom stereocenters. The van der Waals surface area contributed by atoms with Crippen LogP contribution < -0.4 is 14.8 Å². The van der Waals surface area contributed by atoms with E-state index >= 15 is 0 Å². The molecule has 5 nitrogen and oxygen atoms in total. The third kappa shape index (κ3) is 4.63. The summed E-state index contributed by atoms with van der Waals surface area (Å²) in [6.45, 7) is 1.57. The highest BCUT2D eigenvalue weighted by molar-refractivity contribution is 9.10. The van der Waals surface area contributed by atoms with Crippen LogP contribution in [-0.4, -0.2) is 24.7 Å². The molecular formula is C17H17BrClNO4. The smallest absolute Gasteiger partial charge is 0.262 e. The maximum absolute atomic E-state index is 12.0. The summed E-state index contributed by atoms with van der Waals surface area (Å²) < 4.78 is 11.4. The van der Waals surface area contributed by atoms with Crippen LogP contribution in [0.2, 0.25) is 5.02 Å². The summed E-state index contributed by atoms with van der Waals surface area (Å²) >= 11 is 9.38. The lowest BCUT2D eigenvalue weighted by atomic mass is 10.2. The van der Waals surface area contributed by atoms with Gasteiger partial charge in [0.15, 0.2) is 18.1 Å². The van der Waals surface area contributed by atoms with E-state index in [1.165, 1.54) is 7.11 Å². The molecule has 7 heteroatoms. The molecule has 2 N–H and O–H groups in total. The first-order chi connectivity index (χ1) is 11.4. The number of hydrogen-bond acceptors (Lipinski definition) is 4. The van der Waals surface area contributed by atoms with Gasteiger partial charge in [-0.25, -0.2) is 0 Å². The number of aliphatic hydroxyl groups excluding tert-OH is 1. The molecule has 0 radical (unpaired) electrons. The Hall–Kier alpha value is -1.76. The van der Waals surface area contributed by atoms with Crippen LogP contribution in [0.5, 0.6) is 11.5 Å². The van der Waals surface area contributed by atoms with Crippen molar-refractivity contribution < 1.29 is 19.4 Å². The molecule has 0 fully saturated rings. The molecule has 2 aromatic carbocycles. The Balaban J connectivity index is 2.04. The standard InChI is InChI=1S/C17H17BrClNO4/c1-10-3-4-12(7-14(10)19)20-16(22)9-24-17-13(18)5-11(8-21)6-15(17)23-2/h3-7,21H,8-9H2,1-2H3,(H,20,22). The second-order valence-corrected chi connectivity index (χ2v) is 6.33. The van der Waals surface area contributed by atoms with Gasteiger partial charge in [0.2, 0.25) is 0 Å². The second kappa shape index (κ2) is 8.37. The van der Waals surface area contributed by atoms with Crippen LogP contribution >= 0.6 is 27.5 Å². The molecule has 1 amide bonds. The zero-order chi connectivity index (χ0) is 17.7. The third-order valence-electron chi connectivity index (χ3n) is 3.27. The van der Waals surface area contributed by atoms with E-state index in [1.54, 1.807) is 24.3 Å². The minimum atomic E-state index is -0.324. The van der Waals surface area contributed by atoms with Gasteiger partial charge in [-0.3, -0.25) is 4.79 Å². The van der Waals surface area contributed by atoms with Crippen LogP contribution in [0.15, 0.2) is 34.8 Å². The zero-order valence-corrected chi connectivity index (χ0v) is 15.6. The van der Waals surface area contributed by atoms with Crippen molar-refractivity contribution in [2.75, 3.05) is 19.0 Å². The SMILES string of the molecule is COc1cc(CO)cc(Br)c1OCC(=O)Nc1ccc(C)c(Cl)c1. The lowest BCUT2D eigenvalue weighted by Gasteiger charge is -2.14. The van der Waals surface area contributed by atoms with E-state index in [4.69, 9.17) is 21.1 Å². The number of amides is 1. The summed E-state index contributed by atoms with van der Waals surface area (Å²) in [5.74, 6) is 0.501. The maximum Gasteiger partial charge on any atom is 0.262 e. The molecule has 0 aliphatic heterocycles. The average Bonchev–Trinajstić information content (AvgIpc) is 2.56. The van der Waals surface area contributed by atoms with Gasteiger partial charge in [-0.05, 0) is 58.2 Å². The molecule has 0 aromatic heterocycles. The van der Waals surface area contributed by atoms with Crippen LogP contribution in [0, 0.1) is 6.92 Å². The van der Waals surface area contributed by atoms with E-state index in [2.05, 4.69) is 21.2 Å². The summed E-state index contributed by atoms with van der Waals surface area (Å²) in [6.07, 6.45) is 0. The van der Waals surface area contributed by atoms with Gasteiger partial charge in [-0.2, -0.15) is 0 Å². The highest BCUT2D eigenvalue weighted by Gasteiger charge is 2.13. The van der Waals surface area contributed by atoms with Crippen molar-refractivity contribution in [1.82, 2.24) is 0 Å². The van der Waals surface area contributed by atoms with Crippen molar-refractivity contribution in [2.24, 2.45) is 0 Å². The first-order valence-electron chi connectivity index (χ1n) is 7.10. The Morgan fingerprint density at radius 3 is 2.71 bits per heavy atom. The summed E-state index contributed by atoms with van der Waals surface area (Å²) in [7, 11) is 1.49. The predicted molar refractivity (Wildman–Crippen MR) is 96.9 cm³/mol. The van der Waals surface area contributed by atoms with E-state index in [0.717, 1.165) is 5.56 Å². The van der Waals surface area contributed by atoms with Crippen LogP contribution in [0.25, 0.3) is 0 Å². The average molecular weight is 415 g/mol. The van der Waals surface area contributed by atoms with Gasteiger partial charge >= 0.3 is 0 Å². The Morgan fingerprint density at radius 2 is 2.08 bits per heavy atom. The zero-order valence-electron chi connectivity index (χ0n) is 13.2. The first-order valence-corrected chi connectivity index (χ1v) is 8.27. The quantitative estimate of drug-likeness (QED) is 0.751. The van der Waals surface area contributed by atoms with Crippen molar-refractivity contribution in [3.05, 3.63) is 51.0 Å². The number of benzene rings is 2. The highest BCUT2D eigenvalue weighted by atomic mass is 79.9. The third-order valence-corrected chi connectivity index (χ3v) is 4.27. The minimum Gasteiger partial charge on any atom is -0.493 e. The molecule has 0 saturated carbocycles. The van der Waals surface area contributed by atoms with Gasteiger partial charge in [0.25, 0.3) is 5.91 Å². The molecule has 0 bridgehead atoms. The Morgan fingerprint density at radius 1 is 1.33 bits per heavy atom. The Kier molecular flexibility index (Phi) is 6.48. The van der Waals surface area contributed by atoms with E-state index in [9.17, 15) is 9.90 Å². The van der Waals surface area contributed by atoms with Gasteiger partial charge in [-0.15, -0.1) is 0 Å². The minimum absolute atomic E-state index is 0.121. The van der Waals surface area contributed by atoms with Gasteiger partial charge in [0.1, 0.15) is 0 Å². The van der Waals surface area contributed by atoms with Crippen LogP contribution in [-0.2, 0) is 11.4 Å². The molecular weight excluding hydrogens is 398 g/mol. The van der Waals surface area contributed by atoms with Crippen molar-refractivity contribution in [1.29, 1.82) is 0 Å². The summed E-state index contributed by atoms with van der Waals surface area (Å²) in [4.78, 5) is 12.0. The van der Waals surface area contributed by atoms with E-state index in [-0.39, 0.29) is 19.1 Å². The number of carbonyl (C=O) groups excluding carboxylic acids is 1. The fourth-order valence-electron chi connectivity index (χ4n) is 2.01. The van der Waals surface area contributed by atoms with Gasteiger partial charge in [0, 0.05) is 10.7 Å². The molecule has 128 valence electrons. The Bertz CT molecular complexity index is 752. The molecule has 0 heterocycles. The van der Waals surface area contributed by atoms with Crippen molar-refractivity contribution in [2.45, 2.75) is 13.5 Å². The van der Waals surface area contributed by atoms with E-state index < -0.39 is 0 Å². The van der Waals surface area contributed by atoms with Gasteiger partial charge < -0.3 is 19.9 Å². The summed E-state index contributed by atoms with van der Waals surface area (Å²) in [6, 6.07) is 8.63. The first kappa shape index (κ1) is 18.6. The van der Waals surface area contributed by atoms with Crippen LogP contribution in [0.4, 0.5) is 5.69 Å². The summed E-state index contributed by atoms with van der Waals surface area (Å²) in [5, 5.41) is 12.5. The number of ether oxygens (including phenoxy) is 2. The molecule has 0 spiro atoms. The van der Waals surface area contributed by atoms with Crippen LogP contribution in [0.3, 0.4) is 0 Å². The number of aliphatic hydroxyl groups is 1.